The minimum Gasteiger partial charge on any atom is -0.508 e. The lowest BCUT2D eigenvalue weighted by atomic mass is 10.0. The normalized spacial score (nSPS) is 19.5. The molecule has 2 rings (SSSR count). The number of sulfonamides is 1. The summed E-state index contributed by atoms with van der Waals surface area (Å²) in [7, 11) is -3.05. The summed E-state index contributed by atoms with van der Waals surface area (Å²) >= 11 is 0. The van der Waals surface area contributed by atoms with Gasteiger partial charge in [0.2, 0.25) is 10.0 Å². The van der Waals surface area contributed by atoms with E-state index in [0.29, 0.717) is 24.9 Å². The molecule has 1 fully saturated rings. The molecule has 0 saturated carbocycles. The highest BCUT2D eigenvalue weighted by molar-refractivity contribution is 7.88. The van der Waals surface area contributed by atoms with Gasteiger partial charge < -0.3 is 5.11 Å². The molecule has 118 valence electrons. The van der Waals surface area contributed by atoms with Crippen molar-refractivity contribution < 1.29 is 13.5 Å². The number of piperazine rings is 1. The summed E-state index contributed by atoms with van der Waals surface area (Å²) in [6.45, 7) is 4.95. The maximum absolute atomic E-state index is 11.5. The van der Waals surface area contributed by atoms with Crippen LogP contribution < -0.4 is 0 Å². The predicted octanol–water partition coefficient (Wildman–Crippen LogP) is 1.29. The van der Waals surface area contributed by atoms with Crippen LogP contribution >= 0.6 is 0 Å². The van der Waals surface area contributed by atoms with E-state index in [0.717, 1.165) is 25.9 Å². The fourth-order valence-electron chi connectivity index (χ4n) is 2.70. The summed E-state index contributed by atoms with van der Waals surface area (Å²) in [6.07, 6.45) is 3.27. The van der Waals surface area contributed by atoms with E-state index < -0.39 is 10.0 Å². The van der Waals surface area contributed by atoms with E-state index in [1.165, 1.54) is 11.8 Å². The summed E-state index contributed by atoms with van der Waals surface area (Å²) in [6, 6.07) is 7.75. The molecule has 0 bridgehead atoms. The number of nitrogens with zero attached hydrogens (tertiary/aromatic N) is 2. The highest BCUT2D eigenvalue weighted by Gasteiger charge is 2.25. The Labute approximate surface area is 127 Å². The van der Waals surface area contributed by atoms with Gasteiger partial charge in [-0.05, 0) is 37.5 Å². The third-order valence-corrected chi connectivity index (χ3v) is 5.46. The molecule has 0 amide bonds. The minimum absolute atomic E-state index is 0.295. The maximum Gasteiger partial charge on any atom is 0.211 e. The van der Waals surface area contributed by atoms with Crippen molar-refractivity contribution in [3.8, 4) is 5.75 Å². The Bertz CT molecular complexity index is 549. The van der Waals surface area contributed by atoms with Crippen LogP contribution in [0.15, 0.2) is 24.3 Å². The van der Waals surface area contributed by atoms with Crippen LogP contribution in [0.3, 0.4) is 0 Å². The number of phenolic OH excluding ortho intramolecular Hbond substituents is 1. The van der Waals surface area contributed by atoms with E-state index in [4.69, 9.17) is 0 Å². The lowest BCUT2D eigenvalue weighted by Crippen LogP contribution is -2.51. The first-order valence-electron chi connectivity index (χ1n) is 7.33. The molecule has 5 nitrogen and oxygen atoms in total. The molecule has 1 aliphatic heterocycles. The summed E-state index contributed by atoms with van der Waals surface area (Å²) in [4.78, 5) is 2.35. The van der Waals surface area contributed by atoms with E-state index in [1.54, 1.807) is 16.4 Å². The second kappa shape index (κ2) is 6.77. The Kier molecular flexibility index (Phi) is 5.24. The van der Waals surface area contributed by atoms with Gasteiger partial charge in [0.25, 0.3) is 0 Å². The average Bonchev–Trinajstić information content (AvgIpc) is 2.45. The van der Waals surface area contributed by atoms with Gasteiger partial charge in [-0.25, -0.2) is 8.42 Å². The molecule has 6 heteroatoms. The molecule has 0 radical (unpaired) electrons. The molecule has 21 heavy (non-hydrogen) atoms. The molecular weight excluding hydrogens is 288 g/mol. The van der Waals surface area contributed by atoms with Gasteiger partial charge in [0.1, 0.15) is 5.75 Å². The van der Waals surface area contributed by atoms with E-state index in [-0.39, 0.29) is 0 Å². The molecular formula is C15H24N2O3S. The van der Waals surface area contributed by atoms with Crippen molar-refractivity contribution in [1.82, 2.24) is 9.21 Å². The van der Waals surface area contributed by atoms with Crippen LogP contribution in [0.5, 0.6) is 5.75 Å². The van der Waals surface area contributed by atoms with E-state index in [1.807, 2.05) is 12.1 Å². The molecule has 0 aliphatic carbocycles. The standard InChI is InChI=1S/C15H24N2O3S/c1-13(3-4-14-5-7-15(18)8-6-14)16-9-11-17(12-10-16)21(2,19)20/h5-8,13,18H,3-4,9-12H2,1-2H3. The van der Waals surface area contributed by atoms with Crippen LogP contribution in [0.1, 0.15) is 18.9 Å². The Morgan fingerprint density at radius 1 is 1.14 bits per heavy atom. The lowest BCUT2D eigenvalue weighted by Gasteiger charge is -2.37. The second-order valence-electron chi connectivity index (χ2n) is 5.75. The van der Waals surface area contributed by atoms with Crippen molar-refractivity contribution in [3.05, 3.63) is 29.8 Å². The first kappa shape index (κ1) is 16.3. The number of hydrogen-bond acceptors (Lipinski definition) is 4. The van der Waals surface area contributed by atoms with Crippen molar-refractivity contribution in [3.63, 3.8) is 0 Å². The first-order valence-corrected chi connectivity index (χ1v) is 9.18. The maximum atomic E-state index is 11.5. The zero-order valence-corrected chi connectivity index (χ0v) is 13.5. The summed E-state index contributed by atoms with van der Waals surface area (Å²) in [5.74, 6) is 0.295. The fourth-order valence-corrected chi connectivity index (χ4v) is 3.52. The highest BCUT2D eigenvalue weighted by Crippen LogP contribution is 2.15. The first-order chi connectivity index (χ1) is 9.86. The summed E-state index contributed by atoms with van der Waals surface area (Å²) in [5, 5.41) is 9.27. The predicted molar refractivity (Wildman–Crippen MR) is 83.9 cm³/mol. The molecule has 0 aromatic heterocycles. The van der Waals surface area contributed by atoms with Gasteiger partial charge in [0.15, 0.2) is 0 Å². The van der Waals surface area contributed by atoms with E-state index >= 15 is 0 Å². The van der Waals surface area contributed by atoms with Crippen LogP contribution in [0.2, 0.25) is 0 Å². The Morgan fingerprint density at radius 2 is 1.71 bits per heavy atom. The number of phenols is 1. The van der Waals surface area contributed by atoms with Gasteiger partial charge in [-0.2, -0.15) is 4.31 Å². The smallest absolute Gasteiger partial charge is 0.211 e. The monoisotopic (exact) mass is 312 g/mol. The van der Waals surface area contributed by atoms with E-state index in [2.05, 4.69) is 11.8 Å². The van der Waals surface area contributed by atoms with Crippen LogP contribution in [0, 0.1) is 0 Å². The zero-order chi connectivity index (χ0) is 15.5. The topological polar surface area (TPSA) is 60.9 Å². The Balaban J connectivity index is 1.79. The van der Waals surface area contributed by atoms with Crippen molar-refractivity contribution in [2.24, 2.45) is 0 Å². The van der Waals surface area contributed by atoms with E-state index in [9.17, 15) is 13.5 Å². The molecule has 1 N–H and O–H groups in total. The number of rotatable bonds is 5. The van der Waals surface area contributed by atoms with Crippen molar-refractivity contribution in [1.29, 1.82) is 0 Å². The SMILES string of the molecule is CC(CCc1ccc(O)cc1)N1CCN(S(C)(=O)=O)CC1. The number of benzene rings is 1. The fraction of sp³-hybridized carbons (Fsp3) is 0.600. The van der Waals surface area contributed by atoms with Crippen LogP contribution in [0.25, 0.3) is 0 Å². The molecule has 0 spiro atoms. The van der Waals surface area contributed by atoms with Crippen molar-refractivity contribution in [2.75, 3.05) is 32.4 Å². The molecule has 1 heterocycles. The summed E-state index contributed by atoms with van der Waals surface area (Å²) < 4.78 is 24.5. The quantitative estimate of drug-likeness (QED) is 0.890. The molecule has 1 saturated heterocycles. The molecule has 1 aromatic rings. The number of hydrogen-bond donors (Lipinski definition) is 1. The largest absolute Gasteiger partial charge is 0.508 e. The molecule has 1 atom stereocenters. The Hall–Kier alpha value is -1.11. The highest BCUT2D eigenvalue weighted by atomic mass is 32.2. The third-order valence-electron chi connectivity index (χ3n) is 4.15. The average molecular weight is 312 g/mol. The van der Waals surface area contributed by atoms with Gasteiger partial charge in [-0.3, -0.25) is 4.90 Å². The molecule has 1 aromatic carbocycles. The minimum atomic E-state index is -3.05. The number of aryl methyl sites for hydroxylation is 1. The van der Waals surface area contributed by atoms with Gasteiger partial charge >= 0.3 is 0 Å². The number of aromatic hydroxyl groups is 1. The van der Waals surface area contributed by atoms with Crippen LogP contribution in [-0.4, -0.2) is 61.2 Å². The van der Waals surface area contributed by atoms with Crippen molar-refractivity contribution >= 4 is 10.0 Å². The zero-order valence-electron chi connectivity index (χ0n) is 12.7. The van der Waals surface area contributed by atoms with Gasteiger partial charge in [0, 0.05) is 32.2 Å². The van der Waals surface area contributed by atoms with Gasteiger partial charge in [-0.15, -0.1) is 0 Å². The molecule has 1 unspecified atom stereocenters. The van der Waals surface area contributed by atoms with Crippen molar-refractivity contribution in [2.45, 2.75) is 25.8 Å². The Morgan fingerprint density at radius 3 is 2.24 bits per heavy atom. The van der Waals surface area contributed by atoms with Gasteiger partial charge in [-0.1, -0.05) is 12.1 Å². The molecule has 1 aliphatic rings. The second-order valence-corrected chi connectivity index (χ2v) is 7.73. The van der Waals surface area contributed by atoms with Gasteiger partial charge in [0.05, 0.1) is 6.26 Å². The van der Waals surface area contributed by atoms with Crippen LogP contribution in [-0.2, 0) is 16.4 Å². The third kappa shape index (κ3) is 4.69. The van der Waals surface area contributed by atoms with Crippen LogP contribution in [0.4, 0.5) is 0 Å². The summed E-state index contributed by atoms with van der Waals surface area (Å²) in [5.41, 5.74) is 1.22. The lowest BCUT2D eigenvalue weighted by molar-refractivity contribution is 0.140.